The maximum Gasteiger partial charge on any atom is 0.265 e. The number of carbonyl (C=O) groups is 2. The van der Waals surface area contributed by atoms with Crippen LogP contribution in [0, 0.1) is 0 Å². The van der Waals surface area contributed by atoms with E-state index < -0.39 is 0 Å². The van der Waals surface area contributed by atoms with Gasteiger partial charge < -0.3 is 19.7 Å². The van der Waals surface area contributed by atoms with E-state index in [0.717, 1.165) is 24.5 Å². The van der Waals surface area contributed by atoms with Gasteiger partial charge in [-0.15, -0.1) is 0 Å². The van der Waals surface area contributed by atoms with Gasteiger partial charge in [0.2, 0.25) is 5.91 Å². The number of anilines is 3. The second-order valence-corrected chi connectivity index (χ2v) is 6.40. The monoisotopic (exact) mass is 367 g/mol. The number of carbonyl (C=O) groups excluding carboxylic acids is 2. The number of hydrogen-bond acceptors (Lipinski definition) is 5. The quantitative estimate of drug-likeness (QED) is 0.894. The zero-order valence-corrected chi connectivity index (χ0v) is 14.9. The molecule has 2 amide bonds. The Labute approximate surface area is 157 Å². The van der Waals surface area contributed by atoms with Crippen molar-refractivity contribution >= 4 is 28.9 Å². The van der Waals surface area contributed by atoms with Crippen molar-refractivity contribution in [3.63, 3.8) is 0 Å². The summed E-state index contributed by atoms with van der Waals surface area (Å²) in [7, 11) is 0. The fourth-order valence-corrected chi connectivity index (χ4v) is 3.32. The molecule has 2 heterocycles. The second-order valence-electron chi connectivity index (χ2n) is 6.40. The van der Waals surface area contributed by atoms with Gasteiger partial charge in [-0.1, -0.05) is 24.3 Å². The van der Waals surface area contributed by atoms with Crippen molar-refractivity contribution in [1.82, 2.24) is 0 Å². The first-order valence-corrected chi connectivity index (χ1v) is 8.96. The van der Waals surface area contributed by atoms with Crippen LogP contribution in [0.5, 0.6) is 5.75 Å². The summed E-state index contributed by atoms with van der Waals surface area (Å²) in [6.45, 7) is 2.78. The smallest absolute Gasteiger partial charge is 0.265 e. The van der Waals surface area contributed by atoms with E-state index in [1.807, 2.05) is 36.4 Å². The number of nitrogens with one attached hydrogen (secondary N) is 1. The van der Waals surface area contributed by atoms with Crippen molar-refractivity contribution in [3.05, 3.63) is 48.5 Å². The van der Waals surface area contributed by atoms with Gasteiger partial charge in [0.15, 0.2) is 6.61 Å². The number of amides is 2. The Balaban J connectivity index is 1.50. The first-order valence-electron chi connectivity index (χ1n) is 8.96. The van der Waals surface area contributed by atoms with Crippen LogP contribution >= 0.6 is 0 Å². The van der Waals surface area contributed by atoms with Crippen LogP contribution in [-0.2, 0) is 14.3 Å². The number of rotatable bonds is 4. The average molecular weight is 367 g/mol. The molecule has 2 aliphatic rings. The molecule has 27 heavy (non-hydrogen) atoms. The maximum atomic E-state index is 12.7. The molecular formula is C20H21N3O4. The van der Waals surface area contributed by atoms with Crippen molar-refractivity contribution in [2.24, 2.45) is 0 Å². The topological polar surface area (TPSA) is 71.1 Å². The summed E-state index contributed by atoms with van der Waals surface area (Å²) >= 11 is 0. The molecule has 4 rings (SSSR count). The molecule has 2 aliphatic heterocycles. The highest BCUT2D eigenvalue weighted by Crippen LogP contribution is 2.31. The van der Waals surface area contributed by atoms with Gasteiger partial charge in [-0.25, -0.2) is 0 Å². The lowest BCUT2D eigenvalue weighted by Gasteiger charge is -2.31. The first-order chi connectivity index (χ1) is 13.2. The Morgan fingerprint density at radius 1 is 1.00 bits per heavy atom. The van der Waals surface area contributed by atoms with Gasteiger partial charge in [-0.3, -0.25) is 14.5 Å². The third-order valence-corrected chi connectivity index (χ3v) is 4.64. The zero-order chi connectivity index (χ0) is 18.6. The molecule has 7 nitrogen and oxygen atoms in total. The molecule has 0 radical (unpaired) electrons. The molecule has 0 unspecified atom stereocenters. The van der Waals surface area contributed by atoms with Crippen LogP contribution in [0.25, 0.3) is 0 Å². The predicted molar refractivity (Wildman–Crippen MR) is 102 cm³/mol. The Hall–Kier alpha value is -3.06. The van der Waals surface area contributed by atoms with E-state index in [1.54, 1.807) is 12.1 Å². The van der Waals surface area contributed by atoms with Crippen molar-refractivity contribution in [2.75, 3.05) is 54.6 Å². The zero-order valence-electron chi connectivity index (χ0n) is 14.9. The minimum atomic E-state index is -0.249. The van der Waals surface area contributed by atoms with E-state index in [9.17, 15) is 9.59 Å². The molecule has 1 N–H and O–H groups in total. The fourth-order valence-electron chi connectivity index (χ4n) is 3.32. The summed E-state index contributed by atoms with van der Waals surface area (Å²) in [6.07, 6.45) is 0. The lowest BCUT2D eigenvalue weighted by Crippen LogP contribution is -2.43. The number of morpholine rings is 1. The first kappa shape index (κ1) is 17.4. The lowest BCUT2D eigenvalue weighted by atomic mass is 10.2. The highest BCUT2D eigenvalue weighted by molar-refractivity contribution is 6.05. The van der Waals surface area contributed by atoms with Gasteiger partial charge in [-0.05, 0) is 24.3 Å². The number of ether oxygens (including phenoxy) is 2. The van der Waals surface area contributed by atoms with Crippen LogP contribution < -0.4 is 19.9 Å². The van der Waals surface area contributed by atoms with E-state index in [4.69, 9.17) is 9.47 Å². The number of nitrogens with zero attached hydrogens (tertiary/aromatic N) is 2. The molecular weight excluding hydrogens is 346 g/mol. The Morgan fingerprint density at radius 2 is 1.70 bits per heavy atom. The molecule has 0 spiro atoms. The van der Waals surface area contributed by atoms with E-state index >= 15 is 0 Å². The SMILES string of the molecule is O=C(CN1C(=O)COc2ccccc21)Nc1ccccc1N1CCOCC1. The molecule has 2 aromatic rings. The van der Waals surface area contributed by atoms with Gasteiger partial charge >= 0.3 is 0 Å². The standard InChI is InChI=1S/C20H21N3O4/c24-19(13-23-17-7-3-4-8-18(17)27-14-20(23)25)21-15-5-1-2-6-16(15)22-9-11-26-12-10-22/h1-8H,9-14H2,(H,21,24). The molecule has 0 bridgehead atoms. The Morgan fingerprint density at radius 3 is 2.52 bits per heavy atom. The van der Waals surface area contributed by atoms with Gasteiger partial charge in [0.25, 0.3) is 5.91 Å². The number of benzene rings is 2. The summed E-state index contributed by atoms with van der Waals surface area (Å²) < 4.78 is 10.8. The van der Waals surface area contributed by atoms with Gasteiger partial charge in [0, 0.05) is 13.1 Å². The molecule has 1 fully saturated rings. The van der Waals surface area contributed by atoms with Crippen LogP contribution in [0.3, 0.4) is 0 Å². The highest BCUT2D eigenvalue weighted by atomic mass is 16.5. The van der Waals surface area contributed by atoms with Crippen LogP contribution in [0.2, 0.25) is 0 Å². The van der Waals surface area contributed by atoms with E-state index in [-0.39, 0.29) is 25.0 Å². The van der Waals surface area contributed by atoms with Crippen molar-refractivity contribution in [3.8, 4) is 5.75 Å². The summed E-state index contributed by atoms with van der Waals surface area (Å²) in [5.74, 6) is 0.129. The normalized spacial score (nSPS) is 16.5. The molecule has 2 aromatic carbocycles. The lowest BCUT2D eigenvalue weighted by molar-refractivity contribution is -0.123. The summed E-state index contributed by atoms with van der Waals surface area (Å²) in [5, 5.41) is 2.95. The highest BCUT2D eigenvalue weighted by Gasteiger charge is 2.27. The second kappa shape index (κ2) is 7.67. The molecule has 0 saturated carbocycles. The summed E-state index contributed by atoms with van der Waals surface area (Å²) in [4.78, 5) is 28.6. The Kier molecular flexibility index (Phi) is 4.93. The van der Waals surface area contributed by atoms with E-state index in [2.05, 4.69) is 10.2 Å². The van der Waals surface area contributed by atoms with Crippen LogP contribution in [-0.4, -0.2) is 51.3 Å². The molecule has 0 atom stereocenters. The minimum Gasteiger partial charge on any atom is -0.482 e. The van der Waals surface area contributed by atoms with Crippen molar-refractivity contribution < 1.29 is 19.1 Å². The van der Waals surface area contributed by atoms with Crippen LogP contribution in [0.4, 0.5) is 17.1 Å². The molecule has 140 valence electrons. The van der Waals surface area contributed by atoms with E-state index in [0.29, 0.717) is 24.7 Å². The van der Waals surface area contributed by atoms with Crippen molar-refractivity contribution in [2.45, 2.75) is 0 Å². The third-order valence-electron chi connectivity index (χ3n) is 4.64. The molecule has 1 saturated heterocycles. The molecule has 7 heteroatoms. The largest absolute Gasteiger partial charge is 0.482 e. The molecule has 0 aliphatic carbocycles. The van der Waals surface area contributed by atoms with Gasteiger partial charge in [0.1, 0.15) is 12.3 Å². The summed E-state index contributed by atoms with van der Waals surface area (Å²) in [6, 6.07) is 14.9. The minimum absolute atomic E-state index is 0.0589. The van der Waals surface area contributed by atoms with E-state index in [1.165, 1.54) is 4.90 Å². The van der Waals surface area contributed by atoms with Gasteiger partial charge in [-0.2, -0.15) is 0 Å². The third kappa shape index (κ3) is 3.73. The Bertz CT molecular complexity index is 849. The molecule has 0 aromatic heterocycles. The number of para-hydroxylation sites is 4. The van der Waals surface area contributed by atoms with Crippen LogP contribution in [0.15, 0.2) is 48.5 Å². The van der Waals surface area contributed by atoms with Crippen LogP contribution in [0.1, 0.15) is 0 Å². The number of hydrogen-bond donors (Lipinski definition) is 1. The van der Waals surface area contributed by atoms with Crippen molar-refractivity contribution in [1.29, 1.82) is 0 Å². The summed E-state index contributed by atoms with van der Waals surface area (Å²) in [5.41, 5.74) is 2.31. The fraction of sp³-hybridized carbons (Fsp3) is 0.300. The van der Waals surface area contributed by atoms with Gasteiger partial charge in [0.05, 0.1) is 30.3 Å². The maximum absolute atomic E-state index is 12.7. The average Bonchev–Trinajstić information content (AvgIpc) is 2.71. The number of fused-ring (bicyclic) bond motifs is 1. The predicted octanol–water partition coefficient (Wildman–Crippen LogP) is 1.89.